The molecule has 116 valence electrons. The largest absolute Gasteiger partial charge is 0.465 e. The summed E-state index contributed by atoms with van der Waals surface area (Å²) < 4.78 is 31.6. The number of hydrogen-bond acceptors (Lipinski definition) is 5. The third-order valence-corrected chi connectivity index (χ3v) is 5.71. The number of sulfonamides is 1. The lowest BCUT2D eigenvalue weighted by molar-refractivity contribution is -0.148. The van der Waals surface area contributed by atoms with E-state index in [1.54, 1.807) is 6.92 Å². The van der Waals surface area contributed by atoms with Crippen LogP contribution in [0.2, 0.25) is 5.02 Å². The van der Waals surface area contributed by atoms with Gasteiger partial charge in [-0.15, -0.1) is 0 Å². The van der Waals surface area contributed by atoms with Gasteiger partial charge in [0.25, 0.3) is 0 Å². The molecule has 0 saturated carbocycles. The number of hydrogen-bond donors (Lipinski definition) is 0. The zero-order valence-electron chi connectivity index (χ0n) is 11.7. The fourth-order valence-corrected chi connectivity index (χ4v) is 4.40. The average molecular weight is 333 g/mol. The summed E-state index contributed by atoms with van der Waals surface area (Å²) in [6, 6.07) is 0.623. The Kier molecular flexibility index (Phi) is 5.18. The van der Waals surface area contributed by atoms with Crippen molar-refractivity contribution in [2.75, 3.05) is 13.2 Å². The number of pyridine rings is 1. The number of rotatable bonds is 4. The highest BCUT2D eigenvalue weighted by Crippen LogP contribution is 2.29. The third-order valence-electron chi connectivity index (χ3n) is 3.33. The van der Waals surface area contributed by atoms with Crippen LogP contribution in [-0.4, -0.2) is 42.9 Å². The van der Waals surface area contributed by atoms with Crippen molar-refractivity contribution in [2.24, 2.45) is 0 Å². The van der Waals surface area contributed by atoms with E-state index < -0.39 is 22.0 Å². The molecule has 0 bridgehead atoms. The molecule has 0 spiro atoms. The Morgan fingerprint density at radius 1 is 1.52 bits per heavy atom. The lowest BCUT2D eigenvalue weighted by Gasteiger charge is -2.32. The summed E-state index contributed by atoms with van der Waals surface area (Å²) in [6.45, 7) is 2.19. The topological polar surface area (TPSA) is 76.6 Å². The molecule has 0 radical (unpaired) electrons. The molecule has 1 aromatic rings. The van der Waals surface area contributed by atoms with Crippen LogP contribution in [0.15, 0.2) is 23.4 Å². The van der Waals surface area contributed by atoms with E-state index in [0.717, 1.165) is 6.42 Å². The van der Waals surface area contributed by atoms with E-state index in [9.17, 15) is 13.2 Å². The number of nitrogens with zero attached hydrogens (tertiary/aromatic N) is 2. The van der Waals surface area contributed by atoms with E-state index in [0.29, 0.717) is 12.8 Å². The molecule has 1 saturated heterocycles. The van der Waals surface area contributed by atoms with Gasteiger partial charge in [-0.2, -0.15) is 4.31 Å². The molecule has 1 unspecified atom stereocenters. The fourth-order valence-electron chi connectivity index (χ4n) is 2.35. The van der Waals surface area contributed by atoms with E-state index in [4.69, 9.17) is 16.3 Å². The molecule has 0 N–H and O–H groups in total. The third kappa shape index (κ3) is 3.36. The zero-order chi connectivity index (χ0) is 15.5. The number of aromatic nitrogens is 1. The van der Waals surface area contributed by atoms with Crippen LogP contribution in [0.25, 0.3) is 0 Å². The Labute approximate surface area is 129 Å². The maximum Gasteiger partial charge on any atom is 0.324 e. The van der Waals surface area contributed by atoms with Crippen LogP contribution >= 0.6 is 11.6 Å². The van der Waals surface area contributed by atoms with Crippen LogP contribution in [0, 0.1) is 0 Å². The SMILES string of the molecule is CCOC(=O)C1CCCCN1S(=O)(=O)c1cnccc1Cl. The first-order valence-electron chi connectivity index (χ1n) is 6.76. The lowest BCUT2D eigenvalue weighted by atomic mass is 10.1. The molecule has 0 amide bonds. The summed E-state index contributed by atoms with van der Waals surface area (Å²) in [5.41, 5.74) is 0. The summed E-state index contributed by atoms with van der Waals surface area (Å²) in [7, 11) is -3.87. The van der Waals surface area contributed by atoms with Gasteiger partial charge in [0.2, 0.25) is 10.0 Å². The number of carbonyl (C=O) groups is 1. The molecule has 1 aliphatic rings. The van der Waals surface area contributed by atoms with Gasteiger partial charge in [-0.25, -0.2) is 8.42 Å². The van der Waals surface area contributed by atoms with Crippen molar-refractivity contribution in [3.63, 3.8) is 0 Å². The molecule has 2 heterocycles. The van der Waals surface area contributed by atoms with Gasteiger partial charge >= 0.3 is 5.97 Å². The van der Waals surface area contributed by atoms with Gasteiger partial charge in [0, 0.05) is 18.9 Å². The molecule has 0 aliphatic carbocycles. The van der Waals surface area contributed by atoms with Gasteiger partial charge in [0.1, 0.15) is 10.9 Å². The van der Waals surface area contributed by atoms with Gasteiger partial charge in [-0.05, 0) is 32.3 Å². The number of ether oxygens (including phenoxy) is 1. The van der Waals surface area contributed by atoms with Gasteiger partial charge in [-0.3, -0.25) is 9.78 Å². The van der Waals surface area contributed by atoms with Crippen molar-refractivity contribution in [3.05, 3.63) is 23.5 Å². The first kappa shape index (κ1) is 16.2. The molecule has 1 aliphatic heterocycles. The van der Waals surface area contributed by atoms with Crippen molar-refractivity contribution < 1.29 is 17.9 Å². The monoisotopic (exact) mass is 332 g/mol. The van der Waals surface area contributed by atoms with E-state index in [2.05, 4.69) is 4.98 Å². The molecule has 6 nitrogen and oxygen atoms in total. The Balaban J connectivity index is 2.36. The van der Waals surface area contributed by atoms with Crippen LogP contribution < -0.4 is 0 Å². The molecule has 1 aromatic heterocycles. The van der Waals surface area contributed by atoms with Crippen LogP contribution in [0.5, 0.6) is 0 Å². The van der Waals surface area contributed by atoms with E-state index in [1.807, 2.05) is 0 Å². The second-order valence-corrected chi connectivity index (χ2v) is 6.95. The number of piperidine rings is 1. The molecule has 1 atom stereocenters. The quantitative estimate of drug-likeness (QED) is 0.786. The van der Waals surface area contributed by atoms with E-state index in [1.165, 1.54) is 22.8 Å². The highest BCUT2D eigenvalue weighted by Gasteiger charge is 2.39. The standard InChI is InChI=1S/C13H17ClN2O4S/c1-2-20-13(17)11-5-3-4-8-16(11)21(18,19)12-9-15-7-6-10(12)14/h6-7,9,11H,2-5,8H2,1H3. The first-order chi connectivity index (χ1) is 9.98. The molecule has 21 heavy (non-hydrogen) atoms. The molecule has 0 aromatic carbocycles. The molecule has 2 rings (SSSR count). The minimum atomic E-state index is -3.87. The maximum atomic E-state index is 12.7. The van der Waals surface area contributed by atoms with E-state index in [-0.39, 0.29) is 23.1 Å². The summed E-state index contributed by atoms with van der Waals surface area (Å²) in [5, 5.41) is 0.0955. The van der Waals surface area contributed by atoms with Gasteiger partial charge in [-0.1, -0.05) is 11.6 Å². The second kappa shape index (κ2) is 6.72. The van der Waals surface area contributed by atoms with Gasteiger partial charge < -0.3 is 4.74 Å². The molecular formula is C13H17ClN2O4S. The summed E-state index contributed by atoms with van der Waals surface area (Å²) in [6.07, 6.45) is 4.56. The van der Waals surface area contributed by atoms with Crippen LogP contribution in [0.4, 0.5) is 0 Å². The van der Waals surface area contributed by atoms with Crippen LogP contribution in [-0.2, 0) is 19.6 Å². The number of esters is 1. The van der Waals surface area contributed by atoms with Gasteiger partial charge in [0.05, 0.1) is 11.6 Å². The van der Waals surface area contributed by atoms with Crippen LogP contribution in [0.3, 0.4) is 0 Å². The number of halogens is 1. The summed E-state index contributed by atoms with van der Waals surface area (Å²) in [4.78, 5) is 15.7. The van der Waals surface area contributed by atoms with Crippen molar-refractivity contribution in [1.82, 2.24) is 9.29 Å². The maximum absolute atomic E-state index is 12.7. The van der Waals surface area contributed by atoms with E-state index >= 15 is 0 Å². The van der Waals surface area contributed by atoms with Crippen molar-refractivity contribution >= 4 is 27.6 Å². The first-order valence-corrected chi connectivity index (χ1v) is 8.58. The Bertz CT molecular complexity index is 620. The average Bonchev–Trinajstić information content (AvgIpc) is 2.48. The predicted octanol–water partition coefficient (Wildman–Crippen LogP) is 1.84. The summed E-state index contributed by atoms with van der Waals surface area (Å²) in [5.74, 6) is -0.513. The smallest absolute Gasteiger partial charge is 0.324 e. The second-order valence-electron chi connectivity index (χ2n) is 4.69. The van der Waals surface area contributed by atoms with Crippen molar-refractivity contribution in [3.8, 4) is 0 Å². The molecule has 8 heteroatoms. The van der Waals surface area contributed by atoms with Crippen LogP contribution in [0.1, 0.15) is 26.2 Å². The Hall–Kier alpha value is -1.18. The predicted molar refractivity (Wildman–Crippen MR) is 77.4 cm³/mol. The molecule has 1 fully saturated rings. The molecular weight excluding hydrogens is 316 g/mol. The number of carbonyl (C=O) groups excluding carboxylic acids is 1. The van der Waals surface area contributed by atoms with Gasteiger partial charge in [0.15, 0.2) is 0 Å². The zero-order valence-corrected chi connectivity index (χ0v) is 13.2. The minimum absolute atomic E-state index is 0.0807. The highest BCUT2D eigenvalue weighted by molar-refractivity contribution is 7.89. The fraction of sp³-hybridized carbons (Fsp3) is 0.538. The van der Waals surface area contributed by atoms with Crippen molar-refractivity contribution in [2.45, 2.75) is 37.1 Å². The minimum Gasteiger partial charge on any atom is -0.465 e. The van der Waals surface area contributed by atoms with Crippen molar-refractivity contribution in [1.29, 1.82) is 0 Å². The highest BCUT2D eigenvalue weighted by atomic mass is 35.5. The summed E-state index contributed by atoms with van der Waals surface area (Å²) >= 11 is 5.95. The Morgan fingerprint density at radius 3 is 2.95 bits per heavy atom. The normalized spacial score (nSPS) is 20.2. The lowest BCUT2D eigenvalue weighted by Crippen LogP contribution is -2.48. The Morgan fingerprint density at radius 2 is 2.29 bits per heavy atom.